The first-order valence-electron chi connectivity index (χ1n) is 9.55. The molecule has 134 valence electrons. The van der Waals surface area contributed by atoms with Crippen molar-refractivity contribution in [3.63, 3.8) is 0 Å². The Kier molecular flexibility index (Phi) is 3.80. The highest BCUT2D eigenvalue weighted by Gasteiger charge is 2.63. The van der Waals surface area contributed by atoms with Gasteiger partial charge in [-0.25, -0.2) is 0 Å². The number of rotatable bonds is 2. The summed E-state index contributed by atoms with van der Waals surface area (Å²) < 4.78 is 11.6. The van der Waals surface area contributed by atoms with Crippen LogP contribution >= 0.6 is 0 Å². The molecule has 24 heavy (non-hydrogen) atoms. The fourth-order valence-electron chi connectivity index (χ4n) is 6.57. The summed E-state index contributed by atoms with van der Waals surface area (Å²) in [6, 6.07) is 0. The van der Waals surface area contributed by atoms with Crippen LogP contribution in [-0.4, -0.2) is 31.2 Å². The first kappa shape index (κ1) is 16.8. The number of aliphatic hydroxyl groups excluding tert-OH is 1. The van der Waals surface area contributed by atoms with Crippen molar-refractivity contribution in [2.75, 3.05) is 13.7 Å². The van der Waals surface area contributed by atoms with E-state index in [-0.39, 0.29) is 28.6 Å². The van der Waals surface area contributed by atoms with Crippen LogP contribution in [0.1, 0.15) is 52.4 Å². The Bertz CT molecular complexity index is 569. The van der Waals surface area contributed by atoms with Crippen LogP contribution in [0.5, 0.6) is 0 Å². The lowest BCUT2D eigenvalue weighted by Crippen LogP contribution is -2.56. The van der Waals surface area contributed by atoms with Gasteiger partial charge in [-0.2, -0.15) is 0 Å². The normalized spacial score (nSPS) is 53.6. The Labute approximate surface area is 146 Å². The second kappa shape index (κ2) is 5.43. The second-order valence-electron chi connectivity index (χ2n) is 9.32. The molecule has 0 aromatic rings. The van der Waals surface area contributed by atoms with E-state index in [4.69, 9.17) is 9.47 Å². The van der Waals surface area contributed by atoms with Gasteiger partial charge in [-0.1, -0.05) is 26.0 Å². The van der Waals surface area contributed by atoms with Gasteiger partial charge >= 0.3 is 0 Å². The molecule has 3 heteroatoms. The van der Waals surface area contributed by atoms with Crippen LogP contribution in [0.2, 0.25) is 0 Å². The van der Waals surface area contributed by atoms with Crippen LogP contribution in [0.15, 0.2) is 24.3 Å². The average molecular weight is 332 g/mol. The fourth-order valence-corrected chi connectivity index (χ4v) is 6.57. The number of ether oxygens (including phenoxy) is 2. The van der Waals surface area contributed by atoms with E-state index in [9.17, 15) is 5.11 Å². The van der Waals surface area contributed by atoms with Gasteiger partial charge in [0.15, 0.2) is 6.29 Å². The van der Waals surface area contributed by atoms with Crippen LogP contribution in [0.4, 0.5) is 0 Å². The number of aliphatic hydroxyl groups is 1. The highest BCUT2D eigenvalue weighted by atomic mass is 16.7. The van der Waals surface area contributed by atoms with Gasteiger partial charge in [0.05, 0.1) is 12.7 Å². The SMILES string of the molecule is C=C[C@@]1(C)CC[C@@]2(C)[C@@H](CC[C@]34CO[C@H](OC)C3=C[C@@H](O)C[C@@H]42)C1. The molecule has 3 nitrogen and oxygen atoms in total. The zero-order valence-electron chi connectivity index (χ0n) is 15.4. The molecule has 0 amide bonds. The summed E-state index contributed by atoms with van der Waals surface area (Å²) >= 11 is 0. The van der Waals surface area contributed by atoms with E-state index in [2.05, 4.69) is 26.5 Å². The Morgan fingerprint density at radius 1 is 1.33 bits per heavy atom. The zero-order chi connectivity index (χ0) is 17.2. The molecule has 1 aliphatic heterocycles. The van der Waals surface area contributed by atoms with Gasteiger partial charge in [0.25, 0.3) is 0 Å². The van der Waals surface area contributed by atoms with Crippen molar-refractivity contribution in [1.82, 2.24) is 0 Å². The Hall–Kier alpha value is -0.640. The summed E-state index contributed by atoms with van der Waals surface area (Å²) in [4.78, 5) is 0. The number of hydrogen-bond acceptors (Lipinski definition) is 3. The molecular formula is C21H32O3. The summed E-state index contributed by atoms with van der Waals surface area (Å²) in [6.07, 6.45) is 10.6. The van der Waals surface area contributed by atoms with Gasteiger partial charge in [-0.05, 0) is 66.8 Å². The summed E-state index contributed by atoms with van der Waals surface area (Å²) in [5.74, 6) is 1.21. The first-order valence-corrected chi connectivity index (χ1v) is 9.55. The molecule has 1 N–H and O–H groups in total. The van der Waals surface area contributed by atoms with Crippen molar-refractivity contribution in [2.45, 2.75) is 64.8 Å². The van der Waals surface area contributed by atoms with E-state index in [1.54, 1.807) is 7.11 Å². The average Bonchev–Trinajstić information content (AvgIpc) is 2.93. The molecule has 4 rings (SSSR count). The minimum Gasteiger partial charge on any atom is -0.389 e. The van der Waals surface area contributed by atoms with Crippen LogP contribution in [-0.2, 0) is 9.47 Å². The molecule has 0 aromatic heterocycles. The van der Waals surface area contributed by atoms with Crippen LogP contribution < -0.4 is 0 Å². The number of allylic oxidation sites excluding steroid dienone is 1. The topological polar surface area (TPSA) is 38.7 Å². The molecule has 1 saturated heterocycles. The second-order valence-corrected chi connectivity index (χ2v) is 9.32. The Balaban J connectivity index is 1.72. The van der Waals surface area contributed by atoms with Gasteiger partial charge in [0.1, 0.15) is 0 Å². The smallest absolute Gasteiger partial charge is 0.180 e. The molecule has 0 unspecified atom stereocenters. The Morgan fingerprint density at radius 2 is 2.12 bits per heavy atom. The van der Waals surface area contributed by atoms with Crippen LogP contribution in [0.25, 0.3) is 0 Å². The molecular weight excluding hydrogens is 300 g/mol. The van der Waals surface area contributed by atoms with E-state index in [0.29, 0.717) is 5.92 Å². The minimum absolute atomic E-state index is 0.0904. The maximum absolute atomic E-state index is 10.6. The van der Waals surface area contributed by atoms with Gasteiger partial charge in [0, 0.05) is 12.5 Å². The van der Waals surface area contributed by atoms with Gasteiger partial charge in [-0.3, -0.25) is 0 Å². The molecule has 1 spiro atoms. The monoisotopic (exact) mass is 332 g/mol. The zero-order valence-corrected chi connectivity index (χ0v) is 15.4. The number of methoxy groups -OCH3 is 1. The van der Waals surface area contributed by atoms with Gasteiger partial charge in [0.2, 0.25) is 0 Å². The van der Waals surface area contributed by atoms with Gasteiger partial charge in [-0.15, -0.1) is 6.58 Å². The summed E-state index contributed by atoms with van der Waals surface area (Å²) in [7, 11) is 1.71. The number of hydrogen-bond donors (Lipinski definition) is 1. The summed E-state index contributed by atoms with van der Waals surface area (Å²) in [5, 5.41) is 10.6. The molecule has 2 saturated carbocycles. The molecule has 0 radical (unpaired) electrons. The minimum atomic E-state index is -0.360. The van der Waals surface area contributed by atoms with Crippen molar-refractivity contribution in [3.05, 3.63) is 24.3 Å². The highest BCUT2D eigenvalue weighted by Crippen LogP contribution is 2.68. The third kappa shape index (κ3) is 2.14. The first-order chi connectivity index (χ1) is 11.4. The maximum atomic E-state index is 10.6. The van der Waals surface area contributed by atoms with Crippen molar-refractivity contribution in [3.8, 4) is 0 Å². The van der Waals surface area contributed by atoms with E-state index in [1.807, 2.05) is 6.08 Å². The summed E-state index contributed by atoms with van der Waals surface area (Å²) in [5.41, 5.74) is 1.88. The molecule has 0 bridgehead atoms. The third-order valence-electron chi connectivity index (χ3n) is 8.16. The summed E-state index contributed by atoms with van der Waals surface area (Å²) in [6.45, 7) is 9.71. The maximum Gasteiger partial charge on any atom is 0.180 e. The molecule has 1 heterocycles. The lowest BCUT2D eigenvalue weighted by atomic mass is 9.42. The van der Waals surface area contributed by atoms with E-state index in [1.165, 1.54) is 37.7 Å². The third-order valence-corrected chi connectivity index (χ3v) is 8.16. The largest absolute Gasteiger partial charge is 0.389 e. The molecule has 7 atom stereocenters. The van der Waals surface area contributed by atoms with E-state index >= 15 is 0 Å². The van der Waals surface area contributed by atoms with Crippen molar-refractivity contribution < 1.29 is 14.6 Å². The van der Waals surface area contributed by atoms with Crippen LogP contribution in [0.3, 0.4) is 0 Å². The van der Waals surface area contributed by atoms with Crippen molar-refractivity contribution >= 4 is 0 Å². The molecule has 3 aliphatic carbocycles. The molecule has 0 aromatic carbocycles. The van der Waals surface area contributed by atoms with E-state index in [0.717, 1.165) is 18.9 Å². The quantitative estimate of drug-likeness (QED) is 0.775. The number of fused-ring (bicyclic) bond motifs is 2. The van der Waals surface area contributed by atoms with Crippen molar-refractivity contribution in [2.24, 2.45) is 28.1 Å². The molecule has 3 fully saturated rings. The lowest BCUT2D eigenvalue weighted by Gasteiger charge is -2.62. The van der Waals surface area contributed by atoms with Crippen LogP contribution in [0, 0.1) is 28.1 Å². The lowest BCUT2D eigenvalue weighted by molar-refractivity contribution is -0.117. The van der Waals surface area contributed by atoms with Crippen molar-refractivity contribution in [1.29, 1.82) is 0 Å². The fraction of sp³-hybridized carbons (Fsp3) is 0.810. The highest BCUT2D eigenvalue weighted by molar-refractivity contribution is 5.31. The predicted molar refractivity (Wildman–Crippen MR) is 94.4 cm³/mol. The predicted octanol–water partition coefficient (Wildman–Crippen LogP) is 4.08. The molecule has 4 aliphatic rings. The van der Waals surface area contributed by atoms with E-state index < -0.39 is 0 Å². The Morgan fingerprint density at radius 3 is 2.83 bits per heavy atom. The standard InChI is InChI=1S/C21H32O3/c1-5-19(2)8-9-20(3)14(12-19)6-7-21-13-24-18(23-4)16(21)10-15(22)11-17(20)21/h5,10,14-15,17-18,22H,1,6-9,11-13H2,2-4H3/t14-,15+,17+,18-,19-,20-,21-/m0/s1. The van der Waals surface area contributed by atoms with Gasteiger partial charge < -0.3 is 14.6 Å².